The van der Waals surface area contributed by atoms with Crippen LogP contribution in [0.1, 0.15) is 13.3 Å². The SMILES string of the molecule is CCCOc1[c-]cccc1.[Br-].[Mg+2]. The predicted octanol–water partition coefficient (Wildman–Crippen LogP) is -1.10. The van der Waals surface area contributed by atoms with Crippen LogP contribution in [0.4, 0.5) is 0 Å². The van der Waals surface area contributed by atoms with E-state index in [4.69, 9.17) is 4.74 Å². The molecule has 0 unspecified atom stereocenters. The maximum Gasteiger partial charge on any atom is 2.00 e. The Labute approximate surface area is 100 Å². The third kappa shape index (κ3) is 5.86. The number of para-hydroxylation sites is 1. The monoisotopic (exact) mass is 238 g/mol. The zero-order valence-electron chi connectivity index (χ0n) is 7.22. The largest absolute Gasteiger partial charge is 2.00 e. The number of hydrogen-bond donors (Lipinski definition) is 0. The average Bonchev–Trinajstić information content (AvgIpc) is 2.03. The van der Waals surface area contributed by atoms with Crippen LogP contribution in [0.2, 0.25) is 0 Å². The van der Waals surface area contributed by atoms with Crippen molar-refractivity contribution in [3.8, 4) is 5.75 Å². The summed E-state index contributed by atoms with van der Waals surface area (Å²) in [5.74, 6) is 0.837. The third-order valence-electron chi connectivity index (χ3n) is 1.14. The maximum absolute atomic E-state index is 5.30. The van der Waals surface area contributed by atoms with E-state index in [1.54, 1.807) is 0 Å². The van der Waals surface area contributed by atoms with Crippen molar-refractivity contribution in [2.45, 2.75) is 13.3 Å². The molecule has 1 aromatic carbocycles. The Hall–Kier alpha value is 0.266. The molecule has 62 valence electrons. The summed E-state index contributed by atoms with van der Waals surface area (Å²) in [6.07, 6.45) is 1.04. The Kier molecular flexibility index (Phi) is 11.5. The van der Waals surface area contributed by atoms with Crippen LogP contribution in [0.25, 0.3) is 0 Å². The Morgan fingerprint density at radius 1 is 1.42 bits per heavy atom. The molecule has 0 aromatic heterocycles. The van der Waals surface area contributed by atoms with Crippen molar-refractivity contribution in [2.75, 3.05) is 6.61 Å². The van der Waals surface area contributed by atoms with Gasteiger partial charge in [0.05, 0.1) is 6.61 Å². The molecule has 0 amide bonds. The third-order valence-corrected chi connectivity index (χ3v) is 1.14. The van der Waals surface area contributed by atoms with Gasteiger partial charge in [-0.3, -0.25) is 0 Å². The average molecular weight is 239 g/mol. The Morgan fingerprint density at radius 3 is 2.67 bits per heavy atom. The molecule has 0 aliphatic rings. The molecule has 0 radical (unpaired) electrons. The van der Waals surface area contributed by atoms with Crippen LogP contribution in [0.15, 0.2) is 24.3 Å². The van der Waals surface area contributed by atoms with Crippen molar-refractivity contribution in [3.05, 3.63) is 30.3 Å². The van der Waals surface area contributed by atoms with E-state index in [2.05, 4.69) is 13.0 Å². The minimum Gasteiger partial charge on any atom is -1.00 e. The number of hydrogen-bond acceptors (Lipinski definition) is 1. The van der Waals surface area contributed by atoms with Gasteiger partial charge in [0.1, 0.15) is 0 Å². The standard InChI is InChI=1S/C9H11O.BrH.Mg/c1-2-8-10-9-6-4-3-5-7-9;;/h3-6H,2,8H2,1H3;1H;/q-1;;+2/p-1. The van der Waals surface area contributed by atoms with Crippen molar-refractivity contribution < 1.29 is 21.7 Å². The van der Waals surface area contributed by atoms with Gasteiger partial charge in [0.15, 0.2) is 0 Å². The van der Waals surface area contributed by atoms with E-state index in [-0.39, 0.29) is 40.0 Å². The fourth-order valence-corrected chi connectivity index (χ4v) is 0.679. The Bertz CT molecular complexity index is 179. The minimum absolute atomic E-state index is 0. The van der Waals surface area contributed by atoms with Gasteiger partial charge in [-0.25, -0.2) is 0 Å². The molecule has 0 fully saturated rings. The quantitative estimate of drug-likeness (QED) is 0.481. The molecule has 0 N–H and O–H groups in total. The van der Waals surface area contributed by atoms with Crippen LogP contribution in [-0.2, 0) is 0 Å². The molecule has 0 bridgehead atoms. The van der Waals surface area contributed by atoms with E-state index in [0.717, 1.165) is 18.8 Å². The Morgan fingerprint density at radius 2 is 2.17 bits per heavy atom. The van der Waals surface area contributed by atoms with Crippen LogP contribution in [0, 0.1) is 6.07 Å². The van der Waals surface area contributed by atoms with Crippen molar-refractivity contribution in [1.82, 2.24) is 0 Å². The summed E-state index contributed by atoms with van der Waals surface area (Å²) in [6, 6.07) is 10.6. The van der Waals surface area contributed by atoms with E-state index in [0.29, 0.717) is 0 Å². The molecule has 0 aliphatic carbocycles. The van der Waals surface area contributed by atoms with Gasteiger partial charge in [0.2, 0.25) is 0 Å². The van der Waals surface area contributed by atoms with Crippen LogP contribution < -0.4 is 21.7 Å². The summed E-state index contributed by atoms with van der Waals surface area (Å²) in [7, 11) is 0. The first-order valence-corrected chi connectivity index (χ1v) is 3.53. The smallest absolute Gasteiger partial charge is 1.00 e. The first kappa shape index (κ1) is 14.8. The molecule has 1 nitrogen and oxygen atoms in total. The van der Waals surface area contributed by atoms with Crippen LogP contribution in [0.5, 0.6) is 5.75 Å². The van der Waals surface area contributed by atoms with Gasteiger partial charge in [-0.05, 0) is 6.42 Å². The molecule has 0 aliphatic heterocycles. The zero-order valence-corrected chi connectivity index (χ0v) is 10.2. The second kappa shape index (κ2) is 9.35. The van der Waals surface area contributed by atoms with Gasteiger partial charge in [0.25, 0.3) is 0 Å². The molecule has 0 spiro atoms. The molecule has 0 atom stereocenters. The topological polar surface area (TPSA) is 9.23 Å². The van der Waals surface area contributed by atoms with Crippen LogP contribution >= 0.6 is 0 Å². The van der Waals surface area contributed by atoms with Crippen LogP contribution in [-0.4, -0.2) is 29.7 Å². The van der Waals surface area contributed by atoms with Gasteiger partial charge in [-0.2, -0.15) is 18.2 Å². The zero-order chi connectivity index (χ0) is 7.23. The number of rotatable bonds is 3. The van der Waals surface area contributed by atoms with Crippen molar-refractivity contribution in [2.24, 2.45) is 0 Å². The molecule has 0 heterocycles. The molecule has 0 saturated heterocycles. The summed E-state index contributed by atoms with van der Waals surface area (Å²) in [6.45, 7) is 2.86. The molecule has 1 aromatic rings. The van der Waals surface area contributed by atoms with Gasteiger partial charge in [-0.15, -0.1) is 12.1 Å². The van der Waals surface area contributed by atoms with Gasteiger partial charge in [-0.1, -0.05) is 6.92 Å². The summed E-state index contributed by atoms with van der Waals surface area (Å²) >= 11 is 0. The van der Waals surface area contributed by atoms with Gasteiger partial charge >= 0.3 is 23.1 Å². The van der Waals surface area contributed by atoms with Crippen molar-refractivity contribution in [1.29, 1.82) is 0 Å². The minimum atomic E-state index is 0. The second-order valence-corrected chi connectivity index (χ2v) is 2.08. The molecule has 0 saturated carbocycles. The fourth-order valence-electron chi connectivity index (χ4n) is 0.679. The first-order chi connectivity index (χ1) is 4.93. The molecule has 1 rings (SSSR count). The summed E-state index contributed by atoms with van der Waals surface area (Å²) in [5, 5.41) is 0. The van der Waals surface area contributed by atoms with Crippen molar-refractivity contribution in [3.63, 3.8) is 0 Å². The van der Waals surface area contributed by atoms with E-state index in [9.17, 15) is 0 Å². The number of benzene rings is 1. The second-order valence-electron chi connectivity index (χ2n) is 2.08. The van der Waals surface area contributed by atoms with Crippen molar-refractivity contribution >= 4 is 23.1 Å². The van der Waals surface area contributed by atoms with E-state index < -0.39 is 0 Å². The summed E-state index contributed by atoms with van der Waals surface area (Å²) < 4.78 is 5.30. The molecule has 3 heteroatoms. The Balaban J connectivity index is 0. The normalized spacial score (nSPS) is 7.75. The van der Waals surface area contributed by atoms with E-state index >= 15 is 0 Å². The molecule has 12 heavy (non-hydrogen) atoms. The summed E-state index contributed by atoms with van der Waals surface area (Å²) in [4.78, 5) is 0. The summed E-state index contributed by atoms with van der Waals surface area (Å²) in [5.41, 5.74) is 0. The van der Waals surface area contributed by atoms with E-state index in [1.165, 1.54) is 0 Å². The number of halogens is 1. The fraction of sp³-hybridized carbons (Fsp3) is 0.333. The number of ether oxygens (including phenoxy) is 1. The molecular formula is C9H11BrMgO. The maximum atomic E-state index is 5.30. The van der Waals surface area contributed by atoms with Crippen LogP contribution in [0.3, 0.4) is 0 Å². The van der Waals surface area contributed by atoms with Gasteiger partial charge in [0, 0.05) is 5.75 Å². The first-order valence-electron chi connectivity index (χ1n) is 3.53. The molecular weight excluding hydrogens is 228 g/mol. The van der Waals surface area contributed by atoms with E-state index in [1.807, 2.05) is 24.3 Å². The predicted molar refractivity (Wildman–Crippen MR) is 46.8 cm³/mol. The van der Waals surface area contributed by atoms with Gasteiger partial charge < -0.3 is 21.7 Å².